The van der Waals surface area contributed by atoms with E-state index in [4.69, 9.17) is 0 Å². The minimum absolute atomic E-state index is 0.100. The lowest BCUT2D eigenvalue weighted by molar-refractivity contribution is 0.430. The van der Waals surface area contributed by atoms with Crippen LogP contribution in [0.25, 0.3) is 5.69 Å². The molecule has 8 nitrogen and oxygen atoms in total. The molecular weight excluding hydrogens is 334 g/mol. The second-order valence-electron chi connectivity index (χ2n) is 5.76. The van der Waals surface area contributed by atoms with Crippen molar-refractivity contribution in [3.8, 4) is 11.6 Å². The molecule has 0 fully saturated rings. The van der Waals surface area contributed by atoms with Gasteiger partial charge in [0.25, 0.3) is 5.56 Å². The molecule has 0 aliphatic heterocycles. The van der Waals surface area contributed by atoms with Gasteiger partial charge in [-0.25, -0.2) is 9.36 Å². The summed E-state index contributed by atoms with van der Waals surface area (Å²) >= 11 is 0. The Labute approximate surface area is 149 Å². The number of benzene rings is 1. The first-order valence-corrected chi connectivity index (χ1v) is 8.15. The molecule has 3 rings (SSSR count). The Morgan fingerprint density at radius 1 is 1.23 bits per heavy atom. The third kappa shape index (κ3) is 2.97. The van der Waals surface area contributed by atoms with Crippen molar-refractivity contribution in [2.75, 3.05) is 0 Å². The van der Waals surface area contributed by atoms with Gasteiger partial charge in [-0.1, -0.05) is 18.2 Å². The Bertz CT molecular complexity index is 1090. The summed E-state index contributed by atoms with van der Waals surface area (Å²) in [5, 5.41) is 14.9. The van der Waals surface area contributed by atoms with Gasteiger partial charge in [0.05, 0.1) is 17.1 Å². The predicted molar refractivity (Wildman–Crippen MR) is 99.0 cm³/mol. The quantitative estimate of drug-likeness (QED) is 0.698. The van der Waals surface area contributed by atoms with E-state index in [1.807, 2.05) is 20.8 Å². The van der Waals surface area contributed by atoms with Gasteiger partial charge in [-0.3, -0.25) is 19.5 Å². The predicted octanol–water partition coefficient (Wildman–Crippen LogP) is 1.82. The molecule has 26 heavy (non-hydrogen) atoms. The van der Waals surface area contributed by atoms with Crippen LogP contribution in [-0.2, 0) is 6.54 Å². The standard InChI is InChI=1S/C18H19N5O3/c1-4-22-12(3)15(11(2)21-22)19-10-14-16(24)20-18(26)23(17(14)25)13-8-6-5-7-9-13/h5-10,25H,4H2,1-3H3,(H,20,24,26). The van der Waals surface area contributed by atoms with Crippen LogP contribution in [0, 0.1) is 13.8 Å². The summed E-state index contributed by atoms with van der Waals surface area (Å²) in [5.74, 6) is -0.466. The number of nitrogens with one attached hydrogen (secondary N) is 1. The molecule has 0 aliphatic carbocycles. The van der Waals surface area contributed by atoms with E-state index < -0.39 is 17.1 Å². The molecule has 8 heteroatoms. The van der Waals surface area contributed by atoms with Crippen LogP contribution in [0.4, 0.5) is 5.69 Å². The lowest BCUT2D eigenvalue weighted by atomic mass is 10.2. The maximum absolute atomic E-state index is 12.2. The van der Waals surface area contributed by atoms with Crippen LogP contribution in [0.3, 0.4) is 0 Å². The van der Waals surface area contributed by atoms with E-state index in [0.717, 1.165) is 10.3 Å². The Balaban J connectivity index is 2.14. The van der Waals surface area contributed by atoms with Gasteiger partial charge < -0.3 is 5.11 Å². The lowest BCUT2D eigenvalue weighted by Gasteiger charge is -2.09. The third-order valence-corrected chi connectivity index (χ3v) is 4.10. The number of aromatic nitrogens is 4. The molecule has 0 saturated carbocycles. The maximum Gasteiger partial charge on any atom is 0.335 e. The molecule has 2 aromatic heterocycles. The van der Waals surface area contributed by atoms with Gasteiger partial charge in [0, 0.05) is 12.8 Å². The number of aromatic hydroxyl groups is 1. The summed E-state index contributed by atoms with van der Waals surface area (Å²) in [4.78, 5) is 30.8. The van der Waals surface area contributed by atoms with Crippen molar-refractivity contribution in [3.05, 3.63) is 68.1 Å². The average Bonchev–Trinajstić information content (AvgIpc) is 2.89. The average molecular weight is 353 g/mol. The van der Waals surface area contributed by atoms with Crippen LogP contribution in [0.5, 0.6) is 5.88 Å². The van der Waals surface area contributed by atoms with E-state index in [9.17, 15) is 14.7 Å². The molecule has 134 valence electrons. The fourth-order valence-electron chi connectivity index (χ4n) is 2.78. The molecule has 0 radical (unpaired) electrons. The molecule has 2 N–H and O–H groups in total. The first-order chi connectivity index (χ1) is 12.4. The van der Waals surface area contributed by atoms with Crippen molar-refractivity contribution < 1.29 is 5.11 Å². The zero-order valence-electron chi connectivity index (χ0n) is 14.7. The van der Waals surface area contributed by atoms with Crippen LogP contribution in [0.15, 0.2) is 44.9 Å². The number of aliphatic imine (C=N–C) groups is 1. The van der Waals surface area contributed by atoms with Crippen molar-refractivity contribution in [1.29, 1.82) is 0 Å². The fourth-order valence-corrected chi connectivity index (χ4v) is 2.78. The van der Waals surface area contributed by atoms with E-state index in [1.165, 1.54) is 6.21 Å². The van der Waals surface area contributed by atoms with E-state index >= 15 is 0 Å². The molecule has 0 bridgehead atoms. The molecule has 0 aliphatic rings. The number of nitrogens with zero attached hydrogens (tertiary/aromatic N) is 4. The highest BCUT2D eigenvalue weighted by molar-refractivity contribution is 5.84. The number of hydrogen-bond acceptors (Lipinski definition) is 5. The normalized spacial score (nSPS) is 11.3. The number of para-hydroxylation sites is 1. The van der Waals surface area contributed by atoms with E-state index in [2.05, 4.69) is 15.1 Å². The van der Waals surface area contributed by atoms with E-state index in [0.29, 0.717) is 23.6 Å². The first-order valence-electron chi connectivity index (χ1n) is 8.15. The molecule has 0 atom stereocenters. The Morgan fingerprint density at radius 3 is 2.54 bits per heavy atom. The molecule has 3 aromatic rings. The molecular formula is C18H19N5O3. The largest absolute Gasteiger partial charge is 0.493 e. The Hall–Kier alpha value is -3.42. The van der Waals surface area contributed by atoms with Gasteiger partial charge in [-0.2, -0.15) is 5.10 Å². The van der Waals surface area contributed by atoms with Gasteiger partial charge in [0.15, 0.2) is 0 Å². The summed E-state index contributed by atoms with van der Waals surface area (Å²) in [6.45, 7) is 6.37. The van der Waals surface area contributed by atoms with Gasteiger partial charge in [0.1, 0.15) is 11.3 Å². The summed E-state index contributed by atoms with van der Waals surface area (Å²) in [5.41, 5.74) is 1.11. The maximum atomic E-state index is 12.2. The number of rotatable bonds is 4. The minimum atomic E-state index is -0.720. The van der Waals surface area contributed by atoms with Crippen molar-refractivity contribution in [2.24, 2.45) is 4.99 Å². The van der Waals surface area contributed by atoms with Gasteiger partial charge in [-0.05, 0) is 32.9 Å². The van der Waals surface area contributed by atoms with Crippen molar-refractivity contribution in [2.45, 2.75) is 27.3 Å². The second-order valence-corrected chi connectivity index (χ2v) is 5.76. The van der Waals surface area contributed by atoms with Crippen molar-refractivity contribution >= 4 is 11.9 Å². The smallest absolute Gasteiger partial charge is 0.335 e. The molecule has 2 heterocycles. The van der Waals surface area contributed by atoms with E-state index in [-0.39, 0.29) is 5.56 Å². The number of aryl methyl sites for hydroxylation is 2. The monoisotopic (exact) mass is 353 g/mol. The highest BCUT2D eigenvalue weighted by atomic mass is 16.3. The Kier molecular flexibility index (Phi) is 4.57. The van der Waals surface area contributed by atoms with Crippen LogP contribution in [0.2, 0.25) is 0 Å². The van der Waals surface area contributed by atoms with Crippen LogP contribution >= 0.6 is 0 Å². The molecule has 1 aromatic carbocycles. The summed E-state index contributed by atoms with van der Waals surface area (Å²) in [7, 11) is 0. The van der Waals surface area contributed by atoms with Gasteiger partial charge in [-0.15, -0.1) is 0 Å². The summed E-state index contributed by atoms with van der Waals surface area (Å²) in [6.07, 6.45) is 1.25. The number of H-pyrrole nitrogens is 1. The molecule has 0 amide bonds. The summed E-state index contributed by atoms with van der Waals surface area (Å²) in [6, 6.07) is 8.55. The SMILES string of the molecule is CCn1nc(C)c(N=Cc2c(O)n(-c3ccccc3)c(=O)[nH]c2=O)c1C. The third-order valence-electron chi connectivity index (χ3n) is 4.10. The van der Waals surface area contributed by atoms with E-state index in [1.54, 1.807) is 35.0 Å². The molecule has 0 saturated heterocycles. The van der Waals surface area contributed by atoms with Crippen LogP contribution in [-0.4, -0.2) is 30.7 Å². The lowest BCUT2D eigenvalue weighted by Crippen LogP contribution is -2.31. The second kappa shape index (κ2) is 6.83. The highest BCUT2D eigenvalue weighted by Crippen LogP contribution is 2.23. The van der Waals surface area contributed by atoms with Crippen molar-refractivity contribution in [1.82, 2.24) is 19.3 Å². The fraction of sp³-hybridized carbons (Fsp3) is 0.222. The minimum Gasteiger partial charge on any atom is -0.493 e. The number of aromatic amines is 1. The molecule has 0 unspecified atom stereocenters. The van der Waals surface area contributed by atoms with Gasteiger partial charge >= 0.3 is 5.69 Å². The van der Waals surface area contributed by atoms with Gasteiger partial charge in [0.2, 0.25) is 5.88 Å². The summed E-state index contributed by atoms with van der Waals surface area (Å²) < 4.78 is 2.83. The highest BCUT2D eigenvalue weighted by Gasteiger charge is 2.15. The zero-order valence-corrected chi connectivity index (χ0v) is 14.7. The first kappa shape index (κ1) is 17.4. The topological polar surface area (TPSA) is 105 Å². The Morgan fingerprint density at radius 2 is 1.92 bits per heavy atom. The van der Waals surface area contributed by atoms with Crippen molar-refractivity contribution in [3.63, 3.8) is 0 Å². The van der Waals surface area contributed by atoms with Crippen LogP contribution in [0.1, 0.15) is 23.9 Å². The van der Waals surface area contributed by atoms with Crippen LogP contribution < -0.4 is 11.2 Å². The molecule has 0 spiro atoms. The zero-order chi connectivity index (χ0) is 18.8. The number of hydrogen-bond donors (Lipinski definition) is 2.